The predicted octanol–water partition coefficient (Wildman–Crippen LogP) is 1.09. The standard InChI is InChI=1S/C15H19FN2O3/c1-10-7-18(8-13(10)15(20)21)9-14(19)17-6-11-2-4-12(16)5-3-11/h2-5,10,13H,6-9H2,1H3,(H,17,19)(H,20,21)/t10-,13-/m1/s1. The molecule has 1 aliphatic rings. The fraction of sp³-hybridized carbons (Fsp3) is 0.467. The molecule has 0 bridgehead atoms. The first kappa shape index (κ1) is 15.4. The summed E-state index contributed by atoms with van der Waals surface area (Å²) in [4.78, 5) is 24.7. The van der Waals surface area contributed by atoms with E-state index in [1.54, 1.807) is 12.1 Å². The molecular weight excluding hydrogens is 275 g/mol. The van der Waals surface area contributed by atoms with Gasteiger partial charge >= 0.3 is 5.97 Å². The van der Waals surface area contributed by atoms with Crippen molar-refractivity contribution in [1.29, 1.82) is 0 Å². The highest BCUT2D eigenvalue weighted by atomic mass is 19.1. The van der Waals surface area contributed by atoms with E-state index in [2.05, 4.69) is 5.32 Å². The summed E-state index contributed by atoms with van der Waals surface area (Å²) in [5.41, 5.74) is 0.822. The van der Waals surface area contributed by atoms with Crippen LogP contribution in [-0.2, 0) is 16.1 Å². The molecule has 0 spiro atoms. The minimum atomic E-state index is -0.809. The molecule has 1 saturated heterocycles. The summed E-state index contributed by atoms with van der Waals surface area (Å²) in [6.07, 6.45) is 0. The second kappa shape index (κ2) is 6.67. The van der Waals surface area contributed by atoms with Gasteiger partial charge in [-0.1, -0.05) is 19.1 Å². The number of carboxylic acid groups (broad SMARTS) is 1. The van der Waals surface area contributed by atoms with Crippen molar-refractivity contribution in [2.75, 3.05) is 19.6 Å². The van der Waals surface area contributed by atoms with E-state index in [1.165, 1.54) is 12.1 Å². The molecule has 2 rings (SSSR count). The molecule has 114 valence electrons. The number of aliphatic carboxylic acids is 1. The third-order valence-electron chi connectivity index (χ3n) is 3.78. The maximum atomic E-state index is 12.8. The van der Waals surface area contributed by atoms with Crippen molar-refractivity contribution in [2.45, 2.75) is 13.5 Å². The minimum Gasteiger partial charge on any atom is -0.481 e. The molecule has 1 aromatic rings. The van der Waals surface area contributed by atoms with Gasteiger partial charge in [0, 0.05) is 19.6 Å². The number of hydrogen-bond donors (Lipinski definition) is 2. The lowest BCUT2D eigenvalue weighted by atomic mass is 9.99. The molecule has 1 fully saturated rings. The fourth-order valence-electron chi connectivity index (χ4n) is 2.58. The van der Waals surface area contributed by atoms with E-state index < -0.39 is 11.9 Å². The van der Waals surface area contributed by atoms with Crippen molar-refractivity contribution in [1.82, 2.24) is 10.2 Å². The summed E-state index contributed by atoms with van der Waals surface area (Å²) in [5, 5.41) is 11.8. The molecular formula is C15H19FN2O3. The lowest BCUT2D eigenvalue weighted by Crippen LogP contribution is -2.36. The lowest BCUT2D eigenvalue weighted by molar-refractivity contribution is -0.142. The molecule has 5 nitrogen and oxygen atoms in total. The monoisotopic (exact) mass is 294 g/mol. The Bertz CT molecular complexity index is 518. The van der Waals surface area contributed by atoms with Crippen LogP contribution in [0.1, 0.15) is 12.5 Å². The Kier molecular flexibility index (Phi) is 4.90. The molecule has 0 unspecified atom stereocenters. The van der Waals surface area contributed by atoms with Crippen LogP contribution in [0.3, 0.4) is 0 Å². The van der Waals surface area contributed by atoms with Crippen LogP contribution in [0.5, 0.6) is 0 Å². The number of amides is 1. The molecule has 0 saturated carbocycles. The van der Waals surface area contributed by atoms with Crippen LogP contribution in [0.15, 0.2) is 24.3 Å². The number of rotatable bonds is 5. The van der Waals surface area contributed by atoms with Gasteiger partial charge in [0.2, 0.25) is 5.91 Å². The number of carbonyl (C=O) groups excluding carboxylic acids is 1. The molecule has 0 aliphatic carbocycles. The van der Waals surface area contributed by atoms with Crippen LogP contribution in [0.25, 0.3) is 0 Å². The Balaban J connectivity index is 1.77. The number of hydrogen-bond acceptors (Lipinski definition) is 3. The first-order chi connectivity index (χ1) is 9.95. The van der Waals surface area contributed by atoms with Crippen molar-refractivity contribution in [3.05, 3.63) is 35.6 Å². The number of halogens is 1. The number of carbonyl (C=O) groups is 2. The van der Waals surface area contributed by atoms with Crippen molar-refractivity contribution in [2.24, 2.45) is 11.8 Å². The van der Waals surface area contributed by atoms with Gasteiger partial charge < -0.3 is 10.4 Å². The lowest BCUT2D eigenvalue weighted by Gasteiger charge is -2.14. The summed E-state index contributed by atoms with van der Waals surface area (Å²) in [6.45, 7) is 3.43. The van der Waals surface area contributed by atoms with Crippen LogP contribution >= 0.6 is 0 Å². The normalized spacial score (nSPS) is 22.2. The first-order valence-corrected chi connectivity index (χ1v) is 6.92. The van der Waals surface area contributed by atoms with Gasteiger partial charge in [-0.25, -0.2) is 4.39 Å². The van der Waals surface area contributed by atoms with E-state index in [-0.39, 0.29) is 24.2 Å². The number of likely N-dealkylation sites (tertiary alicyclic amines) is 1. The molecule has 1 heterocycles. The summed E-state index contributed by atoms with van der Waals surface area (Å²) in [5.74, 6) is -1.63. The quantitative estimate of drug-likeness (QED) is 0.853. The third kappa shape index (κ3) is 4.26. The number of carboxylic acids is 1. The Morgan fingerprint density at radius 3 is 2.57 bits per heavy atom. The number of nitrogens with one attached hydrogen (secondary N) is 1. The van der Waals surface area contributed by atoms with Crippen LogP contribution in [0, 0.1) is 17.7 Å². The molecule has 2 atom stereocenters. The largest absolute Gasteiger partial charge is 0.481 e. The van der Waals surface area contributed by atoms with Crippen LogP contribution in [0.4, 0.5) is 4.39 Å². The maximum absolute atomic E-state index is 12.8. The van der Waals surface area contributed by atoms with Gasteiger partial charge in [0.05, 0.1) is 12.5 Å². The second-order valence-electron chi connectivity index (χ2n) is 5.52. The van der Waals surface area contributed by atoms with Gasteiger partial charge in [0.25, 0.3) is 0 Å². The summed E-state index contributed by atoms with van der Waals surface area (Å²) >= 11 is 0. The zero-order valence-corrected chi connectivity index (χ0v) is 11.9. The van der Waals surface area contributed by atoms with Gasteiger partial charge in [0.1, 0.15) is 5.82 Å². The van der Waals surface area contributed by atoms with Gasteiger partial charge in [0.15, 0.2) is 0 Å². The minimum absolute atomic E-state index is 0.0485. The molecule has 0 aromatic heterocycles. The van der Waals surface area contributed by atoms with Crippen molar-refractivity contribution in [3.8, 4) is 0 Å². The summed E-state index contributed by atoms with van der Waals surface area (Å²) < 4.78 is 12.8. The van der Waals surface area contributed by atoms with Crippen LogP contribution < -0.4 is 5.32 Å². The molecule has 1 aliphatic heterocycles. The van der Waals surface area contributed by atoms with Crippen molar-refractivity contribution < 1.29 is 19.1 Å². The molecule has 0 radical (unpaired) electrons. The summed E-state index contributed by atoms with van der Waals surface area (Å²) in [7, 11) is 0. The zero-order chi connectivity index (χ0) is 15.4. The highest BCUT2D eigenvalue weighted by Crippen LogP contribution is 2.22. The van der Waals surface area contributed by atoms with Crippen LogP contribution in [0.2, 0.25) is 0 Å². The van der Waals surface area contributed by atoms with E-state index in [4.69, 9.17) is 5.11 Å². The summed E-state index contributed by atoms with van der Waals surface area (Å²) in [6, 6.07) is 5.93. The Morgan fingerprint density at radius 1 is 1.33 bits per heavy atom. The van der Waals surface area contributed by atoms with E-state index >= 15 is 0 Å². The Hall–Kier alpha value is -1.95. The topological polar surface area (TPSA) is 69.6 Å². The highest BCUT2D eigenvalue weighted by molar-refractivity contribution is 5.78. The molecule has 21 heavy (non-hydrogen) atoms. The zero-order valence-electron chi connectivity index (χ0n) is 11.9. The second-order valence-corrected chi connectivity index (χ2v) is 5.52. The average Bonchev–Trinajstić information content (AvgIpc) is 2.79. The molecule has 1 amide bonds. The first-order valence-electron chi connectivity index (χ1n) is 6.92. The van der Waals surface area contributed by atoms with Crippen LogP contribution in [-0.4, -0.2) is 41.5 Å². The van der Waals surface area contributed by atoms with E-state index in [0.717, 1.165) is 5.56 Å². The maximum Gasteiger partial charge on any atom is 0.308 e. The van der Waals surface area contributed by atoms with Gasteiger partial charge in [-0.05, 0) is 23.6 Å². The molecule has 6 heteroatoms. The Labute approximate surface area is 122 Å². The van der Waals surface area contributed by atoms with Gasteiger partial charge in [-0.3, -0.25) is 14.5 Å². The van der Waals surface area contributed by atoms with E-state index in [0.29, 0.717) is 19.6 Å². The van der Waals surface area contributed by atoms with E-state index in [9.17, 15) is 14.0 Å². The van der Waals surface area contributed by atoms with Crippen molar-refractivity contribution >= 4 is 11.9 Å². The van der Waals surface area contributed by atoms with Gasteiger partial charge in [-0.15, -0.1) is 0 Å². The SMILES string of the molecule is C[C@@H]1CN(CC(=O)NCc2ccc(F)cc2)C[C@H]1C(=O)O. The molecule has 1 aromatic carbocycles. The predicted molar refractivity (Wildman–Crippen MR) is 75.0 cm³/mol. The smallest absolute Gasteiger partial charge is 0.308 e. The van der Waals surface area contributed by atoms with Gasteiger partial charge in [-0.2, -0.15) is 0 Å². The highest BCUT2D eigenvalue weighted by Gasteiger charge is 2.35. The average molecular weight is 294 g/mol. The Morgan fingerprint density at radius 2 is 2.00 bits per heavy atom. The number of nitrogens with zero attached hydrogens (tertiary/aromatic N) is 1. The fourth-order valence-corrected chi connectivity index (χ4v) is 2.58. The van der Waals surface area contributed by atoms with Crippen molar-refractivity contribution in [3.63, 3.8) is 0 Å². The number of benzene rings is 1. The third-order valence-corrected chi connectivity index (χ3v) is 3.78. The molecule has 2 N–H and O–H groups in total. The van der Waals surface area contributed by atoms with E-state index in [1.807, 2.05) is 11.8 Å².